The van der Waals surface area contributed by atoms with E-state index in [0.717, 1.165) is 5.56 Å². The topological polar surface area (TPSA) is 151 Å². The quantitative estimate of drug-likeness (QED) is 0.353. The molecule has 4 aromatic rings. The highest BCUT2D eigenvalue weighted by Gasteiger charge is 2.23. The molecule has 11 heteroatoms. The molecule has 0 amide bonds. The van der Waals surface area contributed by atoms with Crippen LogP contribution in [0.15, 0.2) is 35.0 Å². The Balaban J connectivity index is 1.89. The number of nitrogen functional groups attached to an aromatic ring is 1. The molecule has 0 spiro atoms. The SMILES string of the molecule is CCn1c(-c2nonc2N)nc2c(C#CC(C)(C)O)nc(OC(CN)c3cccc(Cl)c3)cc21. The predicted octanol–water partition coefficient (Wildman–Crippen LogP) is 2.94. The van der Waals surface area contributed by atoms with Gasteiger partial charge in [0.2, 0.25) is 5.88 Å². The van der Waals surface area contributed by atoms with Crippen molar-refractivity contribution in [3.8, 4) is 29.2 Å². The molecule has 1 aromatic carbocycles. The number of anilines is 1. The Morgan fingerprint density at radius 3 is 2.68 bits per heavy atom. The largest absolute Gasteiger partial charge is 0.468 e. The molecule has 4 rings (SSSR count). The highest BCUT2D eigenvalue weighted by molar-refractivity contribution is 6.30. The number of halogens is 1. The Hall–Kier alpha value is -3.65. The van der Waals surface area contributed by atoms with Crippen molar-refractivity contribution in [2.24, 2.45) is 5.73 Å². The number of benzene rings is 1. The first kappa shape index (κ1) is 23.5. The zero-order chi connectivity index (χ0) is 24.5. The van der Waals surface area contributed by atoms with Crippen molar-refractivity contribution in [3.63, 3.8) is 0 Å². The molecule has 0 fully saturated rings. The Kier molecular flexibility index (Phi) is 6.43. The van der Waals surface area contributed by atoms with Crippen LogP contribution in [-0.4, -0.2) is 42.1 Å². The smallest absolute Gasteiger partial charge is 0.217 e. The van der Waals surface area contributed by atoms with Crippen LogP contribution >= 0.6 is 11.6 Å². The summed E-state index contributed by atoms with van der Waals surface area (Å²) in [7, 11) is 0. The van der Waals surface area contributed by atoms with Gasteiger partial charge >= 0.3 is 0 Å². The molecule has 3 heterocycles. The van der Waals surface area contributed by atoms with Crippen molar-refractivity contribution in [3.05, 3.63) is 46.6 Å². The molecule has 1 unspecified atom stereocenters. The molecule has 0 aliphatic heterocycles. The van der Waals surface area contributed by atoms with Gasteiger partial charge in [-0.3, -0.25) is 0 Å². The fourth-order valence-corrected chi connectivity index (χ4v) is 3.61. The van der Waals surface area contributed by atoms with Crippen LogP contribution in [-0.2, 0) is 6.54 Å². The average Bonchev–Trinajstić information content (AvgIpc) is 3.37. The van der Waals surface area contributed by atoms with Crippen LogP contribution in [0.3, 0.4) is 0 Å². The minimum Gasteiger partial charge on any atom is -0.468 e. The van der Waals surface area contributed by atoms with Crippen LogP contribution in [0.25, 0.3) is 22.6 Å². The van der Waals surface area contributed by atoms with Crippen molar-refractivity contribution < 1.29 is 14.5 Å². The first-order valence-electron chi connectivity index (χ1n) is 10.6. The number of aromatic nitrogens is 5. The number of hydrogen-bond donors (Lipinski definition) is 3. The van der Waals surface area contributed by atoms with E-state index in [9.17, 15) is 5.11 Å². The van der Waals surface area contributed by atoms with Gasteiger partial charge in [0.05, 0.1) is 5.52 Å². The van der Waals surface area contributed by atoms with Gasteiger partial charge in [-0.25, -0.2) is 14.6 Å². The van der Waals surface area contributed by atoms with Gasteiger partial charge < -0.3 is 25.9 Å². The predicted molar refractivity (Wildman–Crippen MR) is 128 cm³/mol. The number of imidazole rings is 1. The minimum atomic E-state index is -1.23. The van der Waals surface area contributed by atoms with E-state index >= 15 is 0 Å². The van der Waals surface area contributed by atoms with Crippen LogP contribution in [0, 0.1) is 11.8 Å². The lowest BCUT2D eigenvalue weighted by molar-refractivity contribution is 0.143. The van der Waals surface area contributed by atoms with E-state index in [0.29, 0.717) is 39.8 Å². The summed E-state index contributed by atoms with van der Waals surface area (Å²) in [5, 5.41) is 18.2. The number of aliphatic hydroxyl groups is 1. The third kappa shape index (κ3) is 4.82. The van der Waals surface area contributed by atoms with Crippen molar-refractivity contribution in [2.45, 2.75) is 39.0 Å². The van der Waals surface area contributed by atoms with Gasteiger partial charge in [-0.15, -0.1) is 0 Å². The summed E-state index contributed by atoms with van der Waals surface area (Å²) in [6, 6.07) is 9.03. The summed E-state index contributed by atoms with van der Waals surface area (Å²) < 4.78 is 12.8. The van der Waals surface area contributed by atoms with Crippen molar-refractivity contribution in [1.82, 2.24) is 24.8 Å². The normalized spacial score (nSPS) is 12.4. The Morgan fingerprint density at radius 2 is 2.06 bits per heavy atom. The summed E-state index contributed by atoms with van der Waals surface area (Å²) in [5.41, 5.74) is 13.3. The molecular weight excluding hydrogens is 458 g/mol. The minimum absolute atomic E-state index is 0.114. The summed E-state index contributed by atoms with van der Waals surface area (Å²) >= 11 is 6.15. The van der Waals surface area contributed by atoms with Gasteiger partial charge in [0.25, 0.3) is 0 Å². The highest BCUT2D eigenvalue weighted by Crippen LogP contribution is 2.31. The van der Waals surface area contributed by atoms with Gasteiger partial charge in [0.1, 0.15) is 22.9 Å². The standard InChI is InChI=1S/C23H24ClN7O3/c1-4-31-16-11-18(33-17(12-25)13-6-5-7-14(24)10-13)27-15(8-9-23(2,3)32)19(16)28-22(31)20-21(26)30-34-29-20/h5-7,10-11,17,32H,4,12,25H2,1-3H3,(H2,26,30). The Labute approximate surface area is 200 Å². The number of nitrogens with two attached hydrogens (primary N) is 2. The first-order chi connectivity index (χ1) is 16.2. The second-order valence-electron chi connectivity index (χ2n) is 8.06. The van der Waals surface area contributed by atoms with Crippen LogP contribution in [0.1, 0.15) is 38.1 Å². The lowest BCUT2D eigenvalue weighted by Crippen LogP contribution is -2.19. The van der Waals surface area contributed by atoms with Gasteiger partial charge in [0.15, 0.2) is 17.3 Å². The monoisotopic (exact) mass is 481 g/mol. The fraction of sp³-hybridized carbons (Fsp3) is 0.304. The number of pyridine rings is 1. The average molecular weight is 482 g/mol. The maximum Gasteiger partial charge on any atom is 0.217 e. The zero-order valence-electron chi connectivity index (χ0n) is 18.9. The second kappa shape index (κ2) is 9.30. The molecule has 0 aliphatic rings. The van der Waals surface area contributed by atoms with Crippen molar-refractivity contribution in [1.29, 1.82) is 0 Å². The third-order valence-corrected chi connectivity index (χ3v) is 5.17. The maximum absolute atomic E-state index is 10.1. The van der Waals surface area contributed by atoms with Gasteiger partial charge in [-0.05, 0) is 54.7 Å². The summed E-state index contributed by atoms with van der Waals surface area (Å²) in [6.45, 7) is 5.85. The fourth-order valence-electron chi connectivity index (χ4n) is 3.41. The van der Waals surface area contributed by atoms with Crippen molar-refractivity contribution in [2.75, 3.05) is 12.3 Å². The molecule has 176 valence electrons. The Morgan fingerprint density at radius 1 is 1.26 bits per heavy atom. The van der Waals surface area contributed by atoms with E-state index in [-0.39, 0.29) is 18.2 Å². The molecule has 5 N–H and O–H groups in total. The molecule has 1 atom stereocenters. The van der Waals surface area contributed by atoms with E-state index in [1.807, 2.05) is 23.6 Å². The van der Waals surface area contributed by atoms with E-state index in [4.69, 9.17) is 32.4 Å². The van der Waals surface area contributed by atoms with E-state index in [1.54, 1.807) is 32.0 Å². The van der Waals surface area contributed by atoms with Crippen LogP contribution in [0.4, 0.5) is 5.82 Å². The van der Waals surface area contributed by atoms with E-state index < -0.39 is 11.7 Å². The lowest BCUT2D eigenvalue weighted by atomic mass is 10.1. The molecule has 10 nitrogen and oxygen atoms in total. The maximum atomic E-state index is 10.1. The van der Waals surface area contributed by atoms with E-state index in [1.165, 1.54) is 0 Å². The number of aryl methyl sites for hydroxylation is 1. The molecule has 0 aliphatic carbocycles. The second-order valence-corrected chi connectivity index (χ2v) is 8.50. The summed E-state index contributed by atoms with van der Waals surface area (Å²) in [5.74, 6) is 6.56. The Bertz CT molecular complexity index is 1400. The first-order valence-corrected chi connectivity index (χ1v) is 11.0. The van der Waals surface area contributed by atoms with E-state index in [2.05, 4.69) is 32.1 Å². The molecule has 0 radical (unpaired) electrons. The van der Waals surface area contributed by atoms with Gasteiger partial charge in [-0.2, -0.15) is 0 Å². The van der Waals surface area contributed by atoms with Gasteiger partial charge in [0, 0.05) is 24.2 Å². The molecule has 3 aromatic heterocycles. The molecule has 0 saturated heterocycles. The molecule has 34 heavy (non-hydrogen) atoms. The number of nitrogens with zero attached hydrogens (tertiary/aromatic N) is 5. The highest BCUT2D eigenvalue weighted by atomic mass is 35.5. The van der Waals surface area contributed by atoms with Crippen LogP contribution < -0.4 is 16.2 Å². The number of rotatable bonds is 6. The summed E-state index contributed by atoms with van der Waals surface area (Å²) in [6.07, 6.45) is -0.494. The molecular formula is C23H24ClN7O3. The lowest BCUT2D eigenvalue weighted by Gasteiger charge is -2.18. The zero-order valence-corrected chi connectivity index (χ0v) is 19.7. The molecule has 0 saturated carbocycles. The number of hydrogen-bond acceptors (Lipinski definition) is 9. The van der Waals surface area contributed by atoms with Crippen LogP contribution in [0.2, 0.25) is 5.02 Å². The number of ether oxygens (including phenoxy) is 1. The van der Waals surface area contributed by atoms with Crippen molar-refractivity contribution >= 4 is 28.5 Å². The summed E-state index contributed by atoms with van der Waals surface area (Å²) in [4.78, 5) is 9.24. The molecule has 0 bridgehead atoms. The van der Waals surface area contributed by atoms with Gasteiger partial charge in [-0.1, -0.05) is 29.7 Å². The third-order valence-electron chi connectivity index (χ3n) is 4.94. The van der Waals surface area contributed by atoms with Crippen LogP contribution in [0.5, 0.6) is 5.88 Å². The number of fused-ring (bicyclic) bond motifs is 1.